The van der Waals surface area contributed by atoms with Crippen LogP contribution in [0.3, 0.4) is 0 Å². The average Bonchev–Trinajstić information content (AvgIpc) is 2.48. The van der Waals surface area contributed by atoms with Crippen molar-refractivity contribution < 1.29 is 4.74 Å². The second-order valence-corrected chi connectivity index (χ2v) is 6.70. The number of nitrogens with zero attached hydrogens (tertiary/aromatic N) is 1. The molecule has 2 nitrogen and oxygen atoms in total. The van der Waals surface area contributed by atoms with Crippen molar-refractivity contribution in [3.8, 4) is 5.75 Å². The van der Waals surface area contributed by atoms with E-state index in [1.54, 1.807) is 7.11 Å². The zero-order chi connectivity index (χ0) is 14.4. The molecule has 1 saturated carbocycles. The first-order chi connectivity index (χ1) is 9.74. The minimum atomic E-state index is 0.672. The lowest BCUT2D eigenvalue weighted by Gasteiger charge is -2.34. The van der Waals surface area contributed by atoms with E-state index < -0.39 is 0 Å². The fraction of sp³-hybridized carbons (Fsp3) is 0.625. The van der Waals surface area contributed by atoms with Crippen molar-refractivity contribution in [2.75, 3.05) is 19.5 Å². The molecule has 4 heteroatoms. The minimum Gasteiger partial charge on any atom is -0.496 e. The van der Waals surface area contributed by atoms with Crippen LogP contribution in [0.2, 0.25) is 0 Å². The van der Waals surface area contributed by atoms with E-state index in [2.05, 4.69) is 26.9 Å². The topological polar surface area (TPSA) is 12.5 Å². The summed E-state index contributed by atoms with van der Waals surface area (Å²) in [4.78, 5) is 2.52. The van der Waals surface area contributed by atoms with Crippen LogP contribution in [0.1, 0.15) is 37.7 Å². The Labute approximate surface area is 135 Å². The van der Waals surface area contributed by atoms with Crippen molar-refractivity contribution in [1.29, 1.82) is 0 Å². The fourth-order valence-electron chi connectivity index (χ4n) is 3.03. The summed E-state index contributed by atoms with van der Waals surface area (Å²) in [5, 5.41) is 0. The van der Waals surface area contributed by atoms with Gasteiger partial charge in [-0.2, -0.15) is 0 Å². The maximum atomic E-state index is 6.00. The molecule has 1 aromatic rings. The first-order valence-electron chi connectivity index (χ1n) is 7.37. The van der Waals surface area contributed by atoms with Gasteiger partial charge in [-0.25, -0.2) is 0 Å². The first kappa shape index (κ1) is 16.1. The summed E-state index contributed by atoms with van der Waals surface area (Å²) < 4.78 is 6.59. The summed E-state index contributed by atoms with van der Waals surface area (Å²) in [6, 6.07) is 6.88. The van der Waals surface area contributed by atoms with Crippen molar-refractivity contribution in [2.45, 2.75) is 44.7 Å². The van der Waals surface area contributed by atoms with Gasteiger partial charge >= 0.3 is 0 Å². The number of rotatable bonds is 6. The molecule has 20 heavy (non-hydrogen) atoms. The highest BCUT2D eigenvalue weighted by molar-refractivity contribution is 9.10. The molecule has 1 aliphatic rings. The quantitative estimate of drug-likeness (QED) is 0.674. The summed E-state index contributed by atoms with van der Waals surface area (Å²) >= 11 is 9.55. The van der Waals surface area contributed by atoms with E-state index in [0.717, 1.165) is 23.3 Å². The lowest BCUT2D eigenvalue weighted by atomic mass is 9.94. The molecule has 0 spiro atoms. The van der Waals surface area contributed by atoms with Gasteiger partial charge in [0.25, 0.3) is 0 Å². The van der Waals surface area contributed by atoms with E-state index in [-0.39, 0.29) is 0 Å². The van der Waals surface area contributed by atoms with Crippen LogP contribution in [0.15, 0.2) is 22.7 Å². The Kier molecular flexibility index (Phi) is 6.66. The van der Waals surface area contributed by atoms with E-state index >= 15 is 0 Å². The highest BCUT2D eigenvalue weighted by atomic mass is 79.9. The zero-order valence-corrected chi connectivity index (χ0v) is 14.4. The van der Waals surface area contributed by atoms with E-state index in [4.69, 9.17) is 16.3 Å². The molecule has 2 rings (SSSR count). The number of ether oxygens (including phenoxy) is 1. The molecule has 0 radical (unpaired) electrons. The molecular weight excluding hydrogens is 338 g/mol. The van der Waals surface area contributed by atoms with Gasteiger partial charge in [-0.3, -0.25) is 4.90 Å². The molecule has 0 atom stereocenters. The smallest absolute Gasteiger partial charge is 0.123 e. The van der Waals surface area contributed by atoms with Crippen LogP contribution < -0.4 is 4.74 Å². The van der Waals surface area contributed by atoms with Crippen LogP contribution in [0.25, 0.3) is 0 Å². The van der Waals surface area contributed by atoms with Crippen molar-refractivity contribution in [3.63, 3.8) is 0 Å². The third kappa shape index (κ3) is 4.37. The number of methoxy groups -OCH3 is 1. The maximum absolute atomic E-state index is 6.00. The second kappa shape index (κ2) is 8.26. The molecule has 0 heterocycles. The predicted molar refractivity (Wildman–Crippen MR) is 88.7 cm³/mol. The Morgan fingerprint density at radius 3 is 2.70 bits per heavy atom. The highest BCUT2D eigenvalue weighted by Crippen LogP contribution is 2.28. The largest absolute Gasteiger partial charge is 0.496 e. The molecule has 0 saturated heterocycles. The molecule has 0 aromatic heterocycles. The second-order valence-electron chi connectivity index (χ2n) is 5.41. The summed E-state index contributed by atoms with van der Waals surface area (Å²) in [5.41, 5.74) is 1.23. The number of benzene rings is 1. The summed E-state index contributed by atoms with van der Waals surface area (Å²) in [6.07, 6.45) is 6.67. The third-order valence-electron chi connectivity index (χ3n) is 4.08. The highest BCUT2D eigenvalue weighted by Gasteiger charge is 2.21. The van der Waals surface area contributed by atoms with Gasteiger partial charge in [0.05, 0.1) is 7.11 Å². The van der Waals surface area contributed by atoms with Gasteiger partial charge in [-0.1, -0.05) is 35.2 Å². The van der Waals surface area contributed by atoms with Gasteiger partial charge in [0.15, 0.2) is 0 Å². The zero-order valence-electron chi connectivity index (χ0n) is 12.1. The van der Waals surface area contributed by atoms with Crippen molar-refractivity contribution in [2.24, 2.45) is 0 Å². The van der Waals surface area contributed by atoms with Crippen LogP contribution in [0.4, 0.5) is 0 Å². The maximum Gasteiger partial charge on any atom is 0.123 e. The molecule has 0 N–H and O–H groups in total. The molecule has 1 aliphatic carbocycles. The van der Waals surface area contributed by atoms with E-state index in [0.29, 0.717) is 11.9 Å². The van der Waals surface area contributed by atoms with Gasteiger partial charge in [0, 0.05) is 35.0 Å². The Morgan fingerprint density at radius 2 is 2.05 bits per heavy atom. The van der Waals surface area contributed by atoms with Crippen molar-refractivity contribution in [1.82, 2.24) is 4.90 Å². The van der Waals surface area contributed by atoms with Crippen LogP contribution in [0, 0.1) is 0 Å². The van der Waals surface area contributed by atoms with E-state index in [1.165, 1.54) is 37.7 Å². The SMILES string of the molecule is COc1ccc(Br)cc1CN(CCCl)C1CCCCC1. The molecule has 0 unspecified atom stereocenters. The molecular formula is C16H23BrClNO. The Morgan fingerprint density at radius 1 is 1.30 bits per heavy atom. The van der Waals surface area contributed by atoms with Crippen molar-refractivity contribution in [3.05, 3.63) is 28.2 Å². The number of hydrogen-bond acceptors (Lipinski definition) is 2. The minimum absolute atomic E-state index is 0.672. The molecule has 0 bridgehead atoms. The van der Waals surface area contributed by atoms with Gasteiger partial charge in [0.1, 0.15) is 5.75 Å². The summed E-state index contributed by atoms with van der Waals surface area (Å²) in [5.74, 6) is 1.65. The molecule has 0 aliphatic heterocycles. The van der Waals surface area contributed by atoms with Gasteiger partial charge in [-0.05, 0) is 31.0 Å². The Hall–Kier alpha value is -0.250. The standard InChI is InChI=1S/C16H23BrClNO/c1-20-16-8-7-14(17)11-13(16)12-19(10-9-18)15-5-3-2-4-6-15/h7-8,11,15H,2-6,9-10,12H2,1H3. The first-order valence-corrected chi connectivity index (χ1v) is 8.69. The van der Waals surface area contributed by atoms with E-state index in [9.17, 15) is 0 Å². The Bertz CT molecular complexity index is 421. The Balaban J connectivity index is 2.12. The summed E-state index contributed by atoms with van der Waals surface area (Å²) in [7, 11) is 1.74. The molecule has 112 valence electrons. The van der Waals surface area contributed by atoms with Crippen molar-refractivity contribution >= 4 is 27.5 Å². The number of alkyl halides is 1. The van der Waals surface area contributed by atoms with Crippen LogP contribution in [-0.2, 0) is 6.54 Å². The molecule has 1 fully saturated rings. The normalized spacial score (nSPS) is 16.6. The fourth-order valence-corrected chi connectivity index (χ4v) is 3.66. The van der Waals surface area contributed by atoms with Gasteiger partial charge < -0.3 is 4.74 Å². The van der Waals surface area contributed by atoms with Crippen LogP contribution >= 0.6 is 27.5 Å². The van der Waals surface area contributed by atoms with Gasteiger partial charge in [0.2, 0.25) is 0 Å². The molecule has 0 amide bonds. The monoisotopic (exact) mass is 359 g/mol. The van der Waals surface area contributed by atoms with E-state index in [1.807, 2.05) is 12.1 Å². The predicted octanol–water partition coefficient (Wildman–Crippen LogP) is 4.83. The van der Waals surface area contributed by atoms with Crippen LogP contribution in [-0.4, -0.2) is 30.5 Å². The lowest BCUT2D eigenvalue weighted by molar-refractivity contribution is 0.155. The molecule has 1 aromatic carbocycles. The van der Waals surface area contributed by atoms with Crippen LogP contribution in [0.5, 0.6) is 5.75 Å². The third-order valence-corrected chi connectivity index (χ3v) is 4.74. The summed E-state index contributed by atoms with van der Waals surface area (Å²) in [6.45, 7) is 1.86. The van der Waals surface area contributed by atoms with Gasteiger partial charge in [-0.15, -0.1) is 11.6 Å². The number of hydrogen-bond donors (Lipinski definition) is 0. The average molecular weight is 361 g/mol. The number of halogens is 2. The lowest BCUT2D eigenvalue weighted by Crippen LogP contribution is -2.37.